The van der Waals surface area contributed by atoms with Crippen molar-refractivity contribution < 1.29 is 19.4 Å². The van der Waals surface area contributed by atoms with Crippen LogP contribution in [0.3, 0.4) is 0 Å². The van der Waals surface area contributed by atoms with E-state index in [1.807, 2.05) is 0 Å². The molecule has 6 heteroatoms. The highest BCUT2D eigenvalue weighted by Gasteiger charge is 2.41. The number of amides is 1. The number of hydrogen-bond acceptors (Lipinski definition) is 4. The third-order valence-corrected chi connectivity index (χ3v) is 3.91. The number of aryl methyl sites for hydroxylation is 1. The molecule has 1 aromatic carbocycles. The van der Waals surface area contributed by atoms with Gasteiger partial charge in [-0.25, -0.2) is 4.79 Å². The van der Waals surface area contributed by atoms with Gasteiger partial charge in [0, 0.05) is 5.69 Å². The van der Waals surface area contributed by atoms with Gasteiger partial charge in [-0.1, -0.05) is 12.8 Å². The standard InChI is InChI=1S/C16H18N2O4/c1-11-8-12(22-9-14(19)20)4-5-13(11)18-15(21)16(10-17)6-2-3-7-16/h4-5,8H,2-3,6-7,9H2,1H3,(H,18,21)(H,19,20). The maximum atomic E-state index is 12.4. The van der Waals surface area contributed by atoms with E-state index in [0.717, 1.165) is 18.4 Å². The Kier molecular flexibility index (Phi) is 4.66. The lowest BCUT2D eigenvalue weighted by Crippen LogP contribution is -2.32. The minimum absolute atomic E-state index is 0.269. The number of aliphatic carboxylic acids is 1. The molecule has 0 aliphatic heterocycles. The van der Waals surface area contributed by atoms with Gasteiger partial charge in [0.15, 0.2) is 6.61 Å². The van der Waals surface area contributed by atoms with Gasteiger partial charge in [-0.15, -0.1) is 0 Å². The molecule has 1 saturated carbocycles. The molecule has 0 aromatic heterocycles. The van der Waals surface area contributed by atoms with Gasteiger partial charge in [0.25, 0.3) is 0 Å². The first kappa shape index (κ1) is 15.8. The zero-order valence-electron chi connectivity index (χ0n) is 12.4. The second kappa shape index (κ2) is 6.48. The van der Waals surface area contributed by atoms with Crippen LogP contribution < -0.4 is 10.1 Å². The fraction of sp³-hybridized carbons (Fsp3) is 0.438. The first-order valence-electron chi connectivity index (χ1n) is 7.15. The Morgan fingerprint density at radius 1 is 1.41 bits per heavy atom. The Balaban J connectivity index is 2.08. The Labute approximate surface area is 128 Å². The second-order valence-corrected chi connectivity index (χ2v) is 5.51. The number of hydrogen-bond donors (Lipinski definition) is 2. The maximum absolute atomic E-state index is 12.4. The van der Waals surface area contributed by atoms with E-state index < -0.39 is 18.0 Å². The molecule has 0 spiro atoms. The van der Waals surface area contributed by atoms with E-state index in [4.69, 9.17) is 9.84 Å². The minimum Gasteiger partial charge on any atom is -0.482 e. The molecule has 0 unspecified atom stereocenters. The SMILES string of the molecule is Cc1cc(OCC(=O)O)ccc1NC(=O)C1(C#N)CCCC1. The van der Waals surface area contributed by atoms with Crippen molar-refractivity contribution in [2.24, 2.45) is 5.41 Å². The fourth-order valence-electron chi connectivity index (χ4n) is 2.62. The first-order chi connectivity index (χ1) is 10.5. The summed E-state index contributed by atoms with van der Waals surface area (Å²) in [5.41, 5.74) is 0.432. The third kappa shape index (κ3) is 3.37. The molecule has 0 saturated heterocycles. The van der Waals surface area contributed by atoms with E-state index in [9.17, 15) is 14.9 Å². The number of carbonyl (C=O) groups excluding carboxylic acids is 1. The van der Waals surface area contributed by atoms with Gasteiger partial charge in [-0.3, -0.25) is 4.79 Å². The van der Waals surface area contributed by atoms with E-state index in [1.54, 1.807) is 25.1 Å². The van der Waals surface area contributed by atoms with Crippen LogP contribution in [0.2, 0.25) is 0 Å². The first-order valence-corrected chi connectivity index (χ1v) is 7.15. The number of rotatable bonds is 5. The van der Waals surface area contributed by atoms with Crippen LogP contribution in [0.1, 0.15) is 31.2 Å². The lowest BCUT2D eigenvalue weighted by Gasteiger charge is -2.20. The number of anilines is 1. The zero-order valence-corrected chi connectivity index (χ0v) is 12.4. The van der Waals surface area contributed by atoms with Crippen LogP contribution >= 0.6 is 0 Å². The summed E-state index contributed by atoms with van der Waals surface area (Å²) in [6.45, 7) is 1.37. The number of carbonyl (C=O) groups is 2. The predicted molar refractivity (Wildman–Crippen MR) is 79.5 cm³/mol. The molecular weight excluding hydrogens is 284 g/mol. The van der Waals surface area contributed by atoms with Crippen LogP contribution in [0, 0.1) is 23.7 Å². The molecular formula is C16H18N2O4. The summed E-state index contributed by atoms with van der Waals surface area (Å²) in [7, 11) is 0. The number of benzene rings is 1. The van der Waals surface area contributed by atoms with Crippen molar-refractivity contribution in [1.29, 1.82) is 5.26 Å². The number of nitriles is 1. The monoisotopic (exact) mass is 302 g/mol. The summed E-state index contributed by atoms with van der Waals surface area (Å²) < 4.78 is 5.08. The summed E-state index contributed by atoms with van der Waals surface area (Å²) in [6.07, 6.45) is 2.96. The molecule has 1 amide bonds. The number of ether oxygens (including phenoxy) is 1. The Morgan fingerprint density at radius 2 is 2.09 bits per heavy atom. The Hall–Kier alpha value is -2.55. The quantitative estimate of drug-likeness (QED) is 0.870. The molecule has 6 nitrogen and oxygen atoms in total. The highest BCUT2D eigenvalue weighted by Crippen LogP contribution is 2.38. The number of carboxylic acid groups (broad SMARTS) is 1. The number of nitrogens with one attached hydrogen (secondary N) is 1. The Bertz CT molecular complexity index is 628. The third-order valence-electron chi connectivity index (χ3n) is 3.91. The van der Waals surface area contributed by atoms with E-state index in [-0.39, 0.29) is 5.91 Å². The van der Waals surface area contributed by atoms with Crippen molar-refractivity contribution in [3.8, 4) is 11.8 Å². The maximum Gasteiger partial charge on any atom is 0.341 e. The number of nitrogens with zero attached hydrogens (tertiary/aromatic N) is 1. The van der Waals surface area contributed by atoms with Crippen LogP contribution in [0.15, 0.2) is 18.2 Å². The van der Waals surface area contributed by atoms with Crippen molar-refractivity contribution in [2.45, 2.75) is 32.6 Å². The molecule has 0 atom stereocenters. The van der Waals surface area contributed by atoms with Gasteiger partial charge in [-0.2, -0.15) is 5.26 Å². The van der Waals surface area contributed by atoms with Gasteiger partial charge in [0.05, 0.1) is 6.07 Å². The summed E-state index contributed by atoms with van der Waals surface area (Å²) in [5.74, 6) is -0.893. The van der Waals surface area contributed by atoms with Gasteiger partial charge in [-0.05, 0) is 43.5 Å². The van der Waals surface area contributed by atoms with E-state index in [1.165, 1.54) is 0 Å². The van der Waals surface area contributed by atoms with Gasteiger partial charge >= 0.3 is 5.97 Å². The fourth-order valence-corrected chi connectivity index (χ4v) is 2.62. The summed E-state index contributed by atoms with van der Waals surface area (Å²) in [6, 6.07) is 7.07. The van der Waals surface area contributed by atoms with Crippen molar-refractivity contribution in [2.75, 3.05) is 11.9 Å². The smallest absolute Gasteiger partial charge is 0.341 e. The topological polar surface area (TPSA) is 99.4 Å². The molecule has 0 heterocycles. The van der Waals surface area contributed by atoms with Crippen LogP contribution in [0.5, 0.6) is 5.75 Å². The Morgan fingerprint density at radius 3 is 2.64 bits per heavy atom. The highest BCUT2D eigenvalue weighted by molar-refractivity contribution is 5.98. The van der Waals surface area contributed by atoms with Crippen LogP contribution in [-0.2, 0) is 9.59 Å². The highest BCUT2D eigenvalue weighted by atomic mass is 16.5. The lowest BCUT2D eigenvalue weighted by atomic mass is 9.87. The van der Waals surface area contributed by atoms with Gasteiger partial charge in [0.1, 0.15) is 11.2 Å². The molecule has 2 N–H and O–H groups in total. The van der Waals surface area contributed by atoms with E-state index in [0.29, 0.717) is 24.3 Å². The largest absolute Gasteiger partial charge is 0.482 e. The molecule has 1 aromatic rings. The molecule has 1 aliphatic rings. The van der Waals surface area contributed by atoms with Crippen LogP contribution in [0.4, 0.5) is 5.69 Å². The summed E-state index contributed by atoms with van der Waals surface area (Å²) >= 11 is 0. The average Bonchev–Trinajstić information content (AvgIpc) is 2.97. The molecule has 1 aliphatic carbocycles. The van der Waals surface area contributed by atoms with Gasteiger partial charge < -0.3 is 15.2 Å². The molecule has 116 valence electrons. The minimum atomic E-state index is -1.05. The van der Waals surface area contributed by atoms with Crippen LogP contribution in [0.25, 0.3) is 0 Å². The lowest BCUT2D eigenvalue weighted by molar-refractivity contribution is -0.139. The van der Waals surface area contributed by atoms with Crippen molar-refractivity contribution in [1.82, 2.24) is 0 Å². The van der Waals surface area contributed by atoms with Crippen molar-refractivity contribution in [3.05, 3.63) is 23.8 Å². The van der Waals surface area contributed by atoms with E-state index in [2.05, 4.69) is 11.4 Å². The molecule has 0 bridgehead atoms. The average molecular weight is 302 g/mol. The molecule has 2 rings (SSSR count). The number of carboxylic acids is 1. The predicted octanol–water partition coefficient (Wildman–Crippen LogP) is 2.48. The summed E-state index contributed by atoms with van der Waals surface area (Å²) in [4.78, 5) is 22.9. The normalized spacial score (nSPS) is 15.8. The van der Waals surface area contributed by atoms with Crippen molar-refractivity contribution >= 4 is 17.6 Å². The van der Waals surface area contributed by atoms with E-state index >= 15 is 0 Å². The zero-order chi connectivity index (χ0) is 16.2. The second-order valence-electron chi connectivity index (χ2n) is 5.51. The van der Waals surface area contributed by atoms with Crippen LogP contribution in [-0.4, -0.2) is 23.6 Å². The molecule has 1 fully saturated rings. The molecule has 0 radical (unpaired) electrons. The van der Waals surface area contributed by atoms with Crippen molar-refractivity contribution in [3.63, 3.8) is 0 Å². The summed E-state index contributed by atoms with van der Waals surface area (Å²) in [5, 5.41) is 20.7. The molecule has 22 heavy (non-hydrogen) atoms. The van der Waals surface area contributed by atoms with Gasteiger partial charge in [0.2, 0.25) is 5.91 Å².